The van der Waals surface area contributed by atoms with Gasteiger partial charge in [0, 0.05) is 17.3 Å². The lowest BCUT2D eigenvalue weighted by Gasteiger charge is -2.36. The van der Waals surface area contributed by atoms with Gasteiger partial charge >= 0.3 is 0 Å². The van der Waals surface area contributed by atoms with E-state index in [4.69, 9.17) is 11.6 Å². The van der Waals surface area contributed by atoms with Crippen LogP contribution in [0.1, 0.15) is 24.0 Å². The molecular weight excluding hydrogens is 402 g/mol. The van der Waals surface area contributed by atoms with Crippen molar-refractivity contribution in [1.29, 1.82) is 0 Å². The summed E-state index contributed by atoms with van der Waals surface area (Å²) < 4.78 is 0. The Kier molecular flexibility index (Phi) is 3.58. The minimum Gasteiger partial charge on any atom is -0.324 e. The summed E-state index contributed by atoms with van der Waals surface area (Å²) in [5.41, 5.74) is 1.81. The molecule has 0 aromatic heterocycles. The Morgan fingerprint density at radius 3 is 2.70 bits per heavy atom. The van der Waals surface area contributed by atoms with Gasteiger partial charge in [-0.2, -0.15) is 0 Å². The van der Waals surface area contributed by atoms with Crippen LogP contribution < -0.4 is 10.2 Å². The molecule has 0 saturated carbocycles. The molecule has 4 atom stereocenters. The number of carbonyl (C=O) groups is 3. The number of rotatable bonds is 1. The van der Waals surface area contributed by atoms with Gasteiger partial charge in [-0.15, -0.1) is 0 Å². The number of benzene rings is 2. The van der Waals surface area contributed by atoms with Crippen molar-refractivity contribution in [3.05, 3.63) is 58.6 Å². The second-order valence-corrected chi connectivity index (χ2v) is 9.05. The van der Waals surface area contributed by atoms with Crippen LogP contribution in [0.25, 0.3) is 0 Å². The minimum absolute atomic E-state index is 0.129. The van der Waals surface area contributed by atoms with Crippen LogP contribution in [0.15, 0.2) is 42.5 Å². The summed E-state index contributed by atoms with van der Waals surface area (Å²) in [4.78, 5) is 44.3. The van der Waals surface area contributed by atoms with Crippen molar-refractivity contribution in [2.75, 3.05) is 16.8 Å². The lowest BCUT2D eigenvalue weighted by Crippen LogP contribution is -2.54. The van der Waals surface area contributed by atoms with Gasteiger partial charge in [-0.05, 0) is 44.5 Å². The Hall–Kier alpha value is -2.70. The third-order valence-electron chi connectivity index (χ3n) is 7.24. The fraction of sp³-hybridized carbons (Fsp3) is 0.348. The highest BCUT2D eigenvalue weighted by Gasteiger charge is 2.74. The van der Waals surface area contributed by atoms with E-state index in [9.17, 15) is 14.4 Å². The van der Waals surface area contributed by atoms with E-state index < -0.39 is 17.4 Å². The zero-order chi connectivity index (χ0) is 20.8. The molecule has 6 rings (SSSR count). The molecule has 2 aromatic rings. The van der Waals surface area contributed by atoms with Gasteiger partial charge in [0.2, 0.25) is 17.7 Å². The number of para-hydroxylation sites is 1. The molecule has 1 spiro atoms. The predicted octanol–water partition coefficient (Wildman–Crippen LogP) is 3.08. The highest BCUT2D eigenvalue weighted by Crippen LogP contribution is 2.60. The summed E-state index contributed by atoms with van der Waals surface area (Å²) in [7, 11) is 0. The van der Waals surface area contributed by atoms with Crippen molar-refractivity contribution in [3.8, 4) is 0 Å². The van der Waals surface area contributed by atoms with Crippen LogP contribution in [0.3, 0.4) is 0 Å². The second-order valence-electron chi connectivity index (χ2n) is 8.64. The van der Waals surface area contributed by atoms with Crippen molar-refractivity contribution in [1.82, 2.24) is 4.90 Å². The number of nitrogens with zero attached hydrogens (tertiary/aromatic N) is 2. The number of fused-ring (bicyclic) bond motifs is 7. The molecule has 0 radical (unpaired) electrons. The average molecular weight is 422 g/mol. The number of nitrogens with one attached hydrogen (secondary N) is 1. The predicted molar refractivity (Wildman–Crippen MR) is 112 cm³/mol. The lowest BCUT2D eigenvalue weighted by molar-refractivity contribution is -0.135. The Morgan fingerprint density at radius 2 is 1.90 bits per heavy atom. The zero-order valence-electron chi connectivity index (χ0n) is 16.4. The number of amides is 3. The highest BCUT2D eigenvalue weighted by atomic mass is 35.5. The monoisotopic (exact) mass is 421 g/mol. The van der Waals surface area contributed by atoms with Gasteiger partial charge in [-0.1, -0.05) is 41.4 Å². The Labute approximate surface area is 178 Å². The maximum Gasteiger partial charge on any atom is 0.250 e. The molecule has 2 aromatic carbocycles. The average Bonchev–Trinajstić information content (AvgIpc) is 3.42. The van der Waals surface area contributed by atoms with E-state index in [1.54, 1.807) is 24.3 Å². The maximum atomic E-state index is 13.8. The first-order valence-corrected chi connectivity index (χ1v) is 10.7. The van der Waals surface area contributed by atoms with Crippen LogP contribution in [0.5, 0.6) is 0 Å². The van der Waals surface area contributed by atoms with Gasteiger partial charge in [0.1, 0.15) is 5.54 Å². The van der Waals surface area contributed by atoms with E-state index in [2.05, 4.69) is 10.2 Å². The molecule has 4 aliphatic heterocycles. The summed E-state index contributed by atoms with van der Waals surface area (Å²) in [5, 5.41) is 3.35. The van der Waals surface area contributed by atoms with Crippen molar-refractivity contribution in [3.63, 3.8) is 0 Å². The number of carbonyl (C=O) groups excluding carboxylic acids is 3. The van der Waals surface area contributed by atoms with Gasteiger partial charge in [-0.3, -0.25) is 19.3 Å². The molecule has 7 heteroatoms. The molecule has 1 N–H and O–H groups in total. The zero-order valence-corrected chi connectivity index (χ0v) is 17.1. The van der Waals surface area contributed by atoms with E-state index in [0.29, 0.717) is 17.3 Å². The molecule has 6 nitrogen and oxygen atoms in total. The Bertz CT molecular complexity index is 1150. The van der Waals surface area contributed by atoms with Crippen LogP contribution in [0, 0.1) is 18.8 Å². The van der Waals surface area contributed by atoms with Crippen molar-refractivity contribution < 1.29 is 14.4 Å². The summed E-state index contributed by atoms with van der Waals surface area (Å²) in [6.07, 6.45) is 1.70. The van der Waals surface area contributed by atoms with Crippen molar-refractivity contribution >= 4 is 40.7 Å². The first-order chi connectivity index (χ1) is 14.5. The molecule has 3 fully saturated rings. The van der Waals surface area contributed by atoms with E-state index >= 15 is 0 Å². The molecule has 3 saturated heterocycles. The van der Waals surface area contributed by atoms with E-state index in [0.717, 1.165) is 29.7 Å². The van der Waals surface area contributed by atoms with Gasteiger partial charge in [0.25, 0.3) is 0 Å². The summed E-state index contributed by atoms with van der Waals surface area (Å²) in [5.74, 6) is -2.09. The number of hydrogen-bond acceptors (Lipinski definition) is 4. The van der Waals surface area contributed by atoms with Gasteiger partial charge in [0.05, 0.1) is 22.5 Å². The van der Waals surface area contributed by atoms with Crippen LogP contribution >= 0.6 is 11.6 Å². The van der Waals surface area contributed by atoms with Gasteiger partial charge in [0.15, 0.2) is 0 Å². The Morgan fingerprint density at radius 1 is 1.10 bits per heavy atom. The number of aryl methyl sites for hydroxylation is 1. The third kappa shape index (κ3) is 1.96. The highest BCUT2D eigenvalue weighted by molar-refractivity contribution is 6.36. The fourth-order valence-electron chi connectivity index (χ4n) is 6.19. The minimum atomic E-state index is -1.14. The normalized spacial score (nSPS) is 32.0. The molecule has 30 heavy (non-hydrogen) atoms. The molecule has 4 heterocycles. The molecule has 0 aliphatic carbocycles. The largest absolute Gasteiger partial charge is 0.324 e. The second kappa shape index (κ2) is 5.93. The summed E-state index contributed by atoms with van der Waals surface area (Å²) in [6.45, 7) is 2.67. The number of halogens is 1. The van der Waals surface area contributed by atoms with Crippen molar-refractivity contribution in [2.45, 2.75) is 31.3 Å². The molecule has 0 bridgehead atoms. The first-order valence-electron chi connectivity index (χ1n) is 10.3. The van der Waals surface area contributed by atoms with E-state index in [-0.39, 0.29) is 23.8 Å². The molecular formula is C23H20ClN3O3. The Balaban J connectivity index is 1.58. The summed E-state index contributed by atoms with van der Waals surface area (Å²) >= 11 is 6.35. The molecule has 4 aliphatic rings. The number of hydrogen-bond donors (Lipinski definition) is 1. The third-order valence-corrected chi connectivity index (χ3v) is 7.56. The smallest absolute Gasteiger partial charge is 0.250 e. The topological polar surface area (TPSA) is 69.7 Å². The number of imide groups is 1. The van der Waals surface area contributed by atoms with Crippen molar-refractivity contribution in [2.24, 2.45) is 11.8 Å². The van der Waals surface area contributed by atoms with Crippen LogP contribution in [-0.2, 0) is 19.9 Å². The molecule has 152 valence electrons. The number of anilines is 2. The van der Waals surface area contributed by atoms with E-state index in [1.807, 2.05) is 25.1 Å². The SMILES string of the molecule is Cc1ccc2c(c1)[C@@]1(C(=O)N2)[C@@H]2C(=O)N(c3ccccc3Cl)C(=O)[C@@H]2[C@@H]2CCCN21. The van der Waals surface area contributed by atoms with Crippen LogP contribution in [0.4, 0.5) is 11.4 Å². The molecule has 3 amide bonds. The maximum absolute atomic E-state index is 13.8. The standard InChI is InChI=1S/C23H20ClN3O3/c1-12-8-9-15-13(11-12)23(22(30)25-15)19-18(17-7-4-10-26(17)23)20(28)27(21(19)29)16-6-3-2-5-14(16)24/h2-3,5-6,8-9,11,17-19H,4,7,10H2,1H3,(H,25,30)/t17-,18+,19-,23-/m0/s1. The first kappa shape index (κ1) is 18.1. The molecule has 0 unspecified atom stereocenters. The lowest BCUT2D eigenvalue weighted by atomic mass is 9.75. The quantitative estimate of drug-likeness (QED) is 0.718. The van der Waals surface area contributed by atoms with Gasteiger partial charge < -0.3 is 5.32 Å². The van der Waals surface area contributed by atoms with E-state index in [1.165, 1.54) is 4.90 Å². The van der Waals surface area contributed by atoms with Crippen LogP contribution in [-0.4, -0.2) is 35.2 Å². The summed E-state index contributed by atoms with van der Waals surface area (Å²) in [6, 6.07) is 12.6. The fourth-order valence-corrected chi connectivity index (χ4v) is 6.41. The van der Waals surface area contributed by atoms with Gasteiger partial charge in [-0.25, -0.2) is 4.90 Å². The van der Waals surface area contributed by atoms with Crippen LogP contribution in [0.2, 0.25) is 5.02 Å².